The summed E-state index contributed by atoms with van der Waals surface area (Å²) in [4.78, 5) is 2.55. The zero-order chi connectivity index (χ0) is 13.2. The monoisotopic (exact) mass is 256 g/mol. The molecule has 0 aliphatic carbocycles. The molecule has 1 aliphatic rings. The summed E-state index contributed by atoms with van der Waals surface area (Å²) in [6, 6.07) is 0. The molecule has 0 aromatic heterocycles. The van der Waals surface area contributed by atoms with Gasteiger partial charge in [-0.05, 0) is 50.7 Å². The summed E-state index contributed by atoms with van der Waals surface area (Å²) in [5.41, 5.74) is 0. The first-order valence-electron chi connectivity index (χ1n) is 7.73. The average Bonchev–Trinajstić information content (AvgIpc) is 2.77. The van der Waals surface area contributed by atoms with Gasteiger partial charge >= 0.3 is 0 Å². The lowest BCUT2D eigenvalue weighted by atomic mass is 10.1. The highest BCUT2D eigenvalue weighted by molar-refractivity contribution is 4.76. The van der Waals surface area contributed by atoms with Crippen LogP contribution in [0, 0.1) is 11.8 Å². The average molecular weight is 256 g/mol. The molecule has 1 aliphatic heterocycles. The number of nitrogens with one attached hydrogen (secondary N) is 1. The molecule has 0 bridgehead atoms. The highest BCUT2D eigenvalue weighted by Gasteiger charge is 2.21. The van der Waals surface area contributed by atoms with Crippen molar-refractivity contribution in [2.45, 2.75) is 40.0 Å². The van der Waals surface area contributed by atoms with Crippen molar-refractivity contribution in [2.75, 3.05) is 45.9 Å². The van der Waals surface area contributed by atoms with E-state index in [4.69, 9.17) is 4.74 Å². The smallest absolute Gasteiger partial charge is 0.0593 e. The summed E-state index contributed by atoms with van der Waals surface area (Å²) >= 11 is 0. The predicted molar refractivity (Wildman–Crippen MR) is 78.0 cm³/mol. The lowest BCUT2D eigenvalue weighted by Crippen LogP contribution is -2.29. The molecule has 1 N–H and O–H groups in total. The maximum absolute atomic E-state index is 5.68. The van der Waals surface area contributed by atoms with Crippen molar-refractivity contribution < 1.29 is 4.74 Å². The van der Waals surface area contributed by atoms with Crippen molar-refractivity contribution in [3.8, 4) is 0 Å². The minimum Gasteiger partial charge on any atom is -0.380 e. The Balaban J connectivity index is 1.94. The number of ether oxygens (including phenoxy) is 1. The van der Waals surface area contributed by atoms with Crippen LogP contribution in [0.1, 0.15) is 40.0 Å². The minimum atomic E-state index is 0.755. The van der Waals surface area contributed by atoms with Crippen molar-refractivity contribution in [1.82, 2.24) is 10.2 Å². The molecule has 1 rings (SSSR count). The van der Waals surface area contributed by atoms with Gasteiger partial charge < -0.3 is 15.0 Å². The fraction of sp³-hybridized carbons (Fsp3) is 1.00. The standard InChI is InChI=1S/C15H32N2O/c1-4-7-16-12-15-5-8-17(13-15)9-11-18-10-6-14(2)3/h14-16H,4-13H2,1-3H3. The Morgan fingerprint density at radius 2 is 2.17 bits per heavy atom. The normalized spacial score (nSPS) is 21.0. The zero-order valence-electron chi connectivity index (χ0n) is 12.6. The molecule has 1 saturated heterocycles. The Morgan fingerprint density at radius 3 is 2.89 bits per heavy atom. The van der Waals surface area contributed by atoms with E-state index in [1.807, 2.05) is 0 Å². The quantitative estimate of drug-likeness (QED) is 0.607. The van der Waals surface area contributed by atoms with E-state index in [1.54, 1.807) is 0 Å². The number of hydrogen-bond acceptors (Lipinski definition) is 3. The van der Waals surface area contributed by atoms with Crippen LogP contribution in [0.5, 0.6) is 0 Å². The lowest BCUT2D eigenvalue weighted by Gasteiger charge is -2.16. The summed E-state index contributed by atoms with van der Waals surface area (Å²) < 4.78 is 5.68. The molecule has 0 aromatic rings. The van der Waals surface area contributed by atoms with Crippen LogP contribution in [-0.2, 0) is 4.74 Å². The summed E-state index contributed by atoms with van der Waals surface area (Å²) in [7, 11) is 0. The molecule has 1 heterocycles. The van der Waals surface area contributed by atoms with Crippen molar-refractivity contribution in [3.05, 3.63) is 0 Å². The first-order valence-corrected chi connectivity index (χ1v) is 7.73. The van der Waals surface area contributed by atoms with Crippen molar-refractivity contribution in [2.24, 2.45) is 11.8 Å². The Hall–Kier alpha value is -0.120. The highest BCUT2D eigenvalue weighted by atomic mass is 16.5. The summed E-state index contributed by atoms with van der Waals surface area (Å²) in [5.74, 6) is 1.61. The molecule has 1 unspecified atom stereocenters. The van der Waals surface area contributed by atoms with Crippen LogP contribution < -0.4 is 5.32 Å². The van der Waals surface area contributed by atoms with Gasteiger partial charge in [0.2, 0.25) is 0 Å². The second kappa shape index (κ2) is 9.76. The molecule has 0 amide bonds. The molecule has 108 valence electrons. The molecule has 1 atom stereocenters. The predicted octanol–water partition coefficient (Wildman–Crippen LogP) is 2.37. The third kappa shape index (κ3) is 7.34. The van der Waals surface area contributed by atoms with E-state index in [-0.39, 0.29) is 0 Å². The van der Waals surface area contributed by atoms with Gasteiger partial charge in [-0.3, -0.25) is 0 Å². The third-order valence-electron chi connectivity index (χ3n) is 3.62. The second-order valence-corrected chi connectivity index (χ2v) is 5.95. The van der Waals surface area contributed by atoms with Crippen LogP contribution in [0.25, 0.3) is 0 Å². The number of likely N-dealkylation sites (tertiary alicyclic amines) is 1. The molecule has 0 saturated carbocycles. The number of nitrogens with zero attached hydrogens (tertiary/aromatic N) is 1. The maximum Gasteiger partial charge on any atom is 0.0593 e. The molecule has 3 nitrogen and oxygen atoms in total. The van der Waals surface area contributed by atoms with E-state index in [0.29, 0.717) is 0 Å². The molecule has 0 spiro atoms. The van der Waals surface area contributed by atoms with E-state index in [1.165, 1.54) is 38.9 Å². The van der Waals surface area contributed by atoms with Crippen molar-refractivity contribution in [3.63, 3.8) is 0 Å². The van der Waals surface area contributed by atoms with E-state index in [2.05, 4.69) is 31.0 Å². The molecular weight excluding hydrogens is 224 g/mol. The number of hydrogen-bond donors (Lipinski definition) is 1. The van der Waals surface area contributed by atoms with Gasteiger partial charge in [0.05, 0.1) is 6.61 Å². The topological polar surface area (TPSA) is 24.5 Å². The van der Waals surface area contributed by atoms with Gasteiger partial charge in [-0.2, -0.15) is 0 Å². The van der Waals surface area contributed by atoms with Crippen LogP contribution in [0.15, 0.2) is 0 Å². The fourth-order valence-corrected chi connectivity index (χ4v) is 2.38. The summed E-state index contributed by atoms with van der Waals surface area (Å²) in [6.45, 7) is 14.5. The molecule has 3 heteroatoms. The fourth-order valence-electron chi connectivity index (χ4n) is 2.38. The molecule has 0 aromatic carbocycles. The van der Waals surface area contributed by atoms with Gasteiger partial charge in [-0.15, -0.1) is 0 Å². The Bertz CT molecular complexity index is 197. The van der Waals surface area contributed by atoms with Gasteiger partial charge in [0.25, 0.3) is 0 Å². The Labute approximate surface area is 113 Å². The first-order chi connectivity index (χ1) is 8.72. The number of rotatable bonds is 10. The molecule has 1 fully saturated rings. The van der Waals surface area contributed by atoms with Gasteiger partial charge in [-0.1, -0.05) is 20.8 Å². The van der Waals surface area contributed by atoms with E-state index in [0.717, 1.165) is 38.1 Å². The summed E-state index contributed by atoms with van der Waals surface area (Å²) in [5, 5.41) is 3.53. The SMILES string of the molecule is CCCNCC1CCN(CCOCCC(C)C)C1. The van der Waals surface area contributed by atoms with Crippen molar-refractivity contribution >= 4 is 0 Å². The molecular formula is C15H32N2O. The first kappa shape index (κ1) is 15.9. The van der Waals surface area contributed by atoms with Crippen molar-refractivity contribution in [1.29, 1.82) is 0 Å². The van der Waals surface area contributed by atoms with E-state index in [9.17, 15) is 0 Å². The largest absolute Gasteiger partial charge is 0.380 e. The van der Waals surface area contributed by atoms with Gasteiger partial charge in [-0.25, -0.2) is 0 Å². The molecule has 18 heavy (non-hydrogen) atoms. The van der Waals surface area contributed by atoms with Gasteiger partial charge in [0.15, 0.2) is 0 Å². The van der Waals surface area contributed by atoms with E-state index < -0.39 is 0 Å². The van der Waals surface area contributed by atoms with Gasteiger partial charge in [0, 0.05) is 19.7 Å². The molecule has 0 radical (unpaired) electrons. The maximum atomic E-state index is 5.68. The Morgan fingerprint density at radius 1 is 1.33 bits per heavy atom. The van der Waals surface area contributed by atoms with Crippen LogP contribution in [0.4, 0.5) is 0 Å². The van der Waals surface area contributed by atoms with Crippen LogP contribution >= 0.6 is 0 Å². The van der Waals surface area contributed by atoms with Crippen LogP contribution in [0.3, 0.4) is 0 Å². The second-order valence-electron chi connectivity index (χ2n) is 5.95. The minimum absolute atomic E-state index is 0.755. The van der Waals surface area contributed by atoms with Gasteiger partial charge in [0.1, 0.15) is 0 Å². The highest BCUT2D eigenvalue weighted by Crippen LogP contribution is 2.14. The zero-order valence-corrected chi connectivity index (χ0v) is 12.6. The van der Waals surface area contributed by atoms with Crippen LogP contribution in [-0.4, -0.2) is 50.8 Å². The summed E-state index contributed by atoms with van der Waals surface area (Å²) in [6.07, 6.45) is 3.77. The van der Waals surface area contributed by atoms with Crippen LogP contribution in [0.2, 0.25) is 0 Å². The lowest BCUT2D eigenvalue weighted by molar-refractivity contribution is 0.102. The van der Waals surface area contributed by atoms with E-state index >= 15 is 0 Å². The third-order valence-corrected chi connectivity index (χ3v) is 3.62. The Kier molecular flexibility index (Phi) is 8.64.